The molecule has 0 bridgehead atoms. The first-order chi connectivity index (χ1) is 13.1. The van der Waals surface area contributed by atoms with E-state index in [1.807, 2.05) is 47.4 Å². The van der Waals surface area contributed by atoms with Gasteiger partial charge in [-0.2, -0.15) is 0 Å². The molecule has 0 aliphatic carbocycles. The Balaban J connectivity index is 1.69. The zero-order chi connectivity index (χ0) is 19.2. The SMILES string of the molecule is CCC(CC)N1CC(C(=O)Nc2ccccc2Cc2ccccc2)CC1=O. The first-order valence-electron chi connectivity index (χ1n) is 9.84. The summed E-state index contributed by atoms with van der Waals surface area (Å²) < 4.78 is 0. The van der Waals surface area contributed by atoms with E-state index in [4.69, 9.17) is 0 Å². The van der Waals surface area contributed by atoms with E-state index in [0.717, 1.165) is 30.5 Å². The summed E-state index contributed by atoms with van der Waals surface area (Å²) in [6.07, 6.45) is 2.93. The summed E-state index contributed by atoms with van der Waals surface area (Å²) in [7, 11) is 0. The van der Waals surface area contributed by atoms with Gasteiger partial charge in [-0.15, -0.1) is 0 Å². The highest BCUT2D eigenvalue weighted by atomic mass is 16.2. The van der Waals surface area contributed by atoms with Gasteiger partial charge in [0.1, 0.15) is 0 Å². The fraction of sp³-hybridized carbons (Fsp3) is 0.391. The van der Waals surface area contributed by atoms with Crippen LogP contribution in [0.4, 0.5) is 5.69 Å². The molecule has 0 aromatic heterocycles. The van der Waals surface area contributed by atoms with Crippen molar-refractivity contribution < 1.29 is 9.59 Å². The normalized spacial score (nSPS) is 16.8. The molecule has 1 saturated heterocycles. The summed E-state index contributed by atoms with van der Waals surface area (Å²) in [5, 5.41) is 3.07. The van der Waals surface area contributed by atoms with Gasteiger partial charge in [-0.25, -0.2) is 0 Å². The number of carbonyl (C=O) groups is 2. The van der Waals surface area contributed by atoms with E-state index < -0.39 is 0 Å². The Hall–Kier alpha value is -2.62. The van der Waals surface area contributed by atoms with Gasteiger partial charge in [0.2, 0.25) is 11.8 Å². The summed E-state index contributed by atoms with van der Waals surface area (Å²) in [4.78, 5) is 27.1. The van der Waals surface area contributed by atoms with Gasteiger partial charge in [0.05, 0.1) is 5.92 Å². The third-order valence-corrected chi connectivity index (χ3v) is 5.43. The molecule has 4 heteroatoms. The van der Waals surface area contributed by atoms with Crippen molar-refractivity contribution in [3.8, 4) is 0 Å². The van der Waals surface area contributed by atoms with Crippen molar-refractivity contribution in [3.05, 3.63) is 65.7 Å². The van der Waals surface area contributed by atoms with E-state index in [2.05, 4.69) is 31.3 Å². The highest BCUT2D eigenvalue weighted by molar-refractivity contribution is 5.97. The predicted octanol–water partition coefficient (Wildman–Crippen LogP) is 4.25. The molecule has 1 aliphatic heterocycles. The van der Waals surface area contributed by atoms with Crippen molar-refractivity contribution >= 4 is 17.5 Å². The summed E-state index contributed by atoms with van der Waals surface area (Å²) in [6.45, 7) is 4.71. The highest BCUT2D eigenvalue weighted by Crippen LogP contribution is 2.26. The van der Waals surface area contributed by atoms with Gasteiger partial charge in [-0.3, -0.25) is 9.59 Å². The van der Waals surface area contributed by atoms with Crippen LogP contribution in [-0.4, -0.2) is 29.3 Å². The lowest BCUT2D eigenvalue weighted by Gasteiger charge is -2.26. The number of hydrogen-bond donors (Lipinski definition) is 1. The van der Waals surface area contributed by atoms with Crippen LogP contribution in [-0.2, 0) is 16.0 Å². The van der Waals surface area contributed by atoms with Crippen LogP contribution in [0.25, 0.3) is 0 Å². The molecule has 1 fully saturated rings. The first kappa shape index (κ1) is 19.2. The van der Waals surface area contributed by atoms with E-state index >= 15 is 0 Å². The van der Waals surface area contributed by atoms with E-state index in [0.29, 0.717) is 13.0 Å². The van der Waals surface area contributed by atoms with Crippen molar-refractivity contribution in [3.63, 3.8) is 0 Å². The number of nitrogens with one attached hydrogen (secondary N) is 1. The van der Waals surface area contributed by atoms with Gasteiger partial charge in [-0.1, -0.05) is 62.4 Å². The lowest BCUT2D eigenvalue weighted by molar-refractivity contribution is -0.130. The van der Waals surface area contributed by atoms with E-state index in [9.17, 15) is 9.59 Å². The zero-order valence-corrected chi connectivity index (χ0v) is 16.2. The second-order valence-corrected chi connectivity index (χ2v) is 7.23. The number of hydrogen-bond acceptors (Lipinski definition) is 2. The number of nitrogens with zero attached hydrogens (tertiary/aromatic N) is 1. The number of carbonyl (C=O) groups excluding carboxylic acids is 2. The van der Waals surface area contributed by atoms with Crippen molar-refractivity contribution in [1.29, 1.82) is 0 Å². The molecule has 1 unspecified atom stereocenters. The average Bonchev–Trinajstić information content (AvgIpc) is 3.07. The minimum absolute atomic E-state index is 0.0580. The summed E-state index contributed by atoms with van der Waals surface area (Å²) in [5.41, 5.74) is 3.12. The topological polar surface area (TPSA) is 49.4 Å². The zero-order valence-electron chi connectivity index (χ0n) is 16.2. The second kappa shape index (κ2) is 8.85. The van der Waals surface area contributed by atoms with Crippen LogP contribution in [0.15, 0.2) is 54.6 Å². The highest BCUT2D eigenvalue weighted by Gasteiger charge is 2.36. The lowest BCUT2D eigenvalue weighted by atomic mass is 10.0. The number of likely N-dealkylation sites (tertiary alicyclic amines) is 1. The van der Waals surface area contributed by atoms with Gasteiger partial charge in [-0.05, 0) is 36.5 Å². The Morgan fingerprint density at radius 1 is 1.07 bits per heavy atom. The maximum Gasteiger partial charge on any atom is 0.229 e. The van der Waals surface area contributed by atoms with Gasteiger partial charge < -0.3 is 10.2 Å². The minimum atomic E-state index is -0.275. The predicted molar refractivity (Wildman–Crippen MR) is 109 cm³/mol. The monoisotopic (exact) mass is 364 g/mol. The van der Waals surface area contributed by atoms with Crippen LogP contribution in [0.3, 0.4) is 0 Å². The van der Waals surface area contributed by atoms with Crippen LogP contribution >= 0.6 is 0 Å². The molecule has 3 rings (SSSR count). The molecule has 1 aliphatic rings. The second-order valence-electron chi connectivity index (χ2n) is 7.23. The van der Waals surface area contributed by atoms with Gasteiger partial charge >= 0.3 is 0 Å². The molecule has 0 radical (unpaired) electrons. The number of anilines is 1. The minimum Gasteiger partial charge on any atom is -0.339 e. The van der Waals surface area contributed by atoms with Crippen LogP contribution in [0.1, 0.15) is 44.2 Å². The van der Waals surface area contributed by atoms with Crippen molar-refractivity contribution in [2.75, 3.05) is 11.9 Å². The molecular weight excluding hydrogens is 336 g/mol. The fourth-order valence-corrected chi connectivity index (χ4v) is 3.84. The van der Waals surface area contributed by atoms with E-state index in [1.165, 1.54) is 5.56 Å². The molecule has 1 heterocycles. The molecule has 2 aromatic rings. The number of benzene rings is 2. The van der Waals surface area contributed by atoms with Crippen LogP contribution in [0.2, 0.25) is 0 Å². The Kier molecular flexibility index (Phi) is 6.28. The summed E-state index contributed by atoms with van der Waals surface area (Å²) >= 11 is 0. The van der Waals surface area contributed by atoms with Crippen LogP contribution < -0.4 is 5.32 Å². The molecule has 0 spiro atoms. The molecule has 142 valence electrons. The number of rotatable bonds is 7. The Morgan fingerprint density at radius 2 is 1.74 bits per heavy atom. The molecule has 2 amide bonds. The summed E-state index contributed by atoms with van der Waals surface area (Å²) in [5.74, 6) is -0.235. The molecule has 4 nitrogen and oxygen atoms in total. The molecule has 0 saturated carbocycles. The quantitative estimate of drug-likeness (QED) is 0.798. The van der Waals surface area contributed by atoms with Gasteiger partial charge in [0, 0.05) is 24.7 Å². The van der Waals surface area contributed by atoms with Crippen molar-refractivity contribution in [1.82, 2.24) is 4.90 Å². The maximum absolute atomic E-state index is 12.8. The molecule has 2 aromatic carbocycles. The van der Waals surface area contributed by atoms with Gasteiger partial charge in [0.15, 0.2) is 0 Å². The molecular formula is C23H28N2O2. The van der Waals surface area contributed by atoms with Gasteiger partial charge in [0.25, 0.3) is 0 Å². The van der Waals surface area contributed by atoms with Crippen LogP contribution in [0, 0.1) is 5.92 Å². The Morgan fingerprint density at radius 3 is 2.44 bits per heavy atom. The lowest BCUT2D eigenvalue weighted by Crippen LogP contribution is -2.36. The number of amides is 2. The van der Waals surface area contributed by atoms with E-state index in [1.54, 1.807) is 0 Å². The van der Waals surface area contributed by atoms with Crippen molar-refractivity contribution in [2.24, 2.45) is 5.92 Å². The summed E-state index contributed by atoms with van der Waals surface area (Å²) in [6, 6.07) is 18.3. The maximum atomic E-state index is 12.8. The average molecular weight is 364 g/mol. The third-order valence-electron chi connectivity index (χ3n) is 5.43. The van der Waals surface area contributed by atoms with Crippen molar-refractivity contribution in [2.45, 2.75) is 45.6 Å². The Labute approximate surface area is 161 Å². The first-order valence-corrected chi connectivity index (χ1v) is 9.84. The Bertz CT molecular complexity index is 784. The molecule has 27 heavy (non-hydrogen) atoms. The van der Waals surface area contributed by atoms with Crippen LogP contribution in [0.5, 0.6) is 0 Å². The number of para-hydroxylation sites is 1. The molecule has 1 atom stereocenters. The largest absolute Gasteiger partial charge is 0.339 e. The fourth-order valence-electron chi connectivity index (χ4n) is 3.84. The third kappa shape index (κ3) is 4.57. The molecule has 1 N–H and O–H groups in total. The standard InChI is InChI=1S/C23H28N2O2/c1-3-20(4-2)25-16-19(15-22(25)26)23(27)24-21-13-9-8-12-18(21)14-17-10-6-5-7-11-17/h5-13,19-20H,3-4,14-16H2,1-2H3,(H,24,27). The van der Waals surface area contributed by atoms with E-state index in [-0.39, 0.29) is 23.8 Å². The smallest absolute Gasteiger partial charge is 0.229 e.